The number of unbranched alkanes of at least 4 members (excludes halogenated alkanes) is 27. The SMILES string of the molecule is CC/C=C\C/C=C\C/C=C\C/C=C\CCCCCCC(=O)OCC(COC(=O)CCCCCCCCCCC/C=C\C/C=C\CCCCC)OC(=O)CCCCCCCCC/C=C\C/C=C\CCCCCC. The van der Waals surface area contributed by atoms with E-state index in [1.54, 1.807) is 0 Å². The summed E-state index contributed by atoms with van der Waals surface area (Å²) in [6.45, 7) is 6.47. The highest BCUT2D eigenvalue weighted by Crippen LogP contribution is 2.15. The molecule has 0 spiro atoms. The van der Waals surface area contributed by atoms with Gasteiger partial charge in [-0.3, -0.25) is 14.4 Å². The van der Waals surface area contributed by atoms with E-state index in [-0.39, 0.29) is 31.1 Å². The smallest absolute Gasteiger partial charge is 0.306 e. The molecule has 0 aromatic carbocycles. The van der Waals surface area contributed by atoms with Crippen molar-refractivity contribution in [3.8, 4) is 0 Å². The number of carbonyl (C=O) groups excluding carboxylic acids is 3. The Kier molecular flexibility index (Phi) is 56.8. The van der Waals surface area contributed by atoms with Gasteiger partial charge in [0.05, 0.1) is 0 Å². The van der Waals surface area contributed by atoms with Crippen molar-refractivity contribution in [2.75, 3.05) is 13.2 Å². The maximum Gasteiger partial charge on any atom is 0.306 e. The molecule has 0 radical (unpaired) electrons. The maximum absolute atomic E-state index is 12.9. The molecule has 412 valence electrons. The van der Waals surface area contributed by atoms with Gasteiger partial charge in [-0.1, -0.05) is 240 Å². The number of hydrogen-bond acceptors (Lipinski definition) is 6. The molecule has 0 amide bonds. The van der Waals surface area contributed by atoms with Crippen LogP contribution in [0.3, 0.4) is 0 Å². The number of allylic oxidation sites excluding steroid dienone is 16. The van der Waals surface area contributed by atoms with E-state index in [0.717, 1.165) is 116 Å². The van der Waals surface area contributed by atoms with Gasteiger partial charge in [0.25, 0.3) is 0 Å². The summed E-state index contributed by atoms with van der Waals surface area (Å²) in [5, 5.41) is 0. The first kappa shape index (κ1) is 68.3. The van der Waals surface area contributed by atoms with Crippen molar-refractivity contribution in [3.63, 3.8) is 0 Å². The first-order valence-electron chi connectivity index (χ1n) is 30.2. The summed E-state index contributed by atoms with van der Waals surface area (Å²) in [4.78, 5) is 38.3. The average molecular weight is 1000 g/mol. The van der Waals surface area contributed by atoms with Crippen LogP contribution < -0.4 is 0 Å². The normalized spacial score (nSPS) is 12.8. The van der Waals surface area contributed by atoms with Crippen molar-refractivity contribution in [2.45, 2.75) is 290 Å². The summed E-state index contributed by atoms with van der Waals surface area (Å²) < 4.78 is 16.9. The summed E-state index contributed by atoms with van der Waals surface area (Å²) in [5.41, 5.74) is 0. The standard InChI is InChI=1S/C66H112O6/c1-4-7-10-13-16-19-22-25-28-31-33-36-38-41-44-47-50-53-56-59-65(68)71-62-63(61-70-64(67)58-55-52-49-46-43-40-37-34-30-27-24-21-18-15-12-9-6-3)72-66(69)60-57-54-51-48-45-42-39-35-32-29-26-23-20-17-14-11-8-5-2/h9,12,16,18-21,23,25,27-30,32,37,40,63H,4-8,10-11,13-15,17,22,24,26,31,33-36,38-39,41-62H2,1-3H3/b12-9-,19-16-,21-18-,23-20-,28-25-,30-27-,32-29-,40-37-. The largest absolute Gasteiger partial charge is 0.462 e. The lowest BCUT2D eigenvalue weighted by Gasteiger charge is -2.18. The van der Waals surface area contributed by atoms with Gasteiger partial charge in [0, 0.05) is 19.3 Å². The molecule has 0 fully saturated rings. The molecule has 0 saturated carbocycles. The fourth-order valence-electron chi connectivity index (χ4n) is 8.26. The predicted molar refractivity (Wildman–Crippen MR) is 311 cm³/mol. The topological polar surface area (TPSA) is 78.9 Å². The Morgan fingerprint density at radius 2 is 0.542 bits per heavy atom. The van der Waals surface area contributed by atoms with Gasteiger partial charge >= 0.3 is 17.9 Å². The third-order valence-corrected chi connectivity index (χ3v) is 12.8. The second-order valence-electron chi connectivity index (χ2n) is 19.9. The summed E-state index contributed by atoms with van der Waals surface area (Å²) in [6.07, 6.45) is 79.6. The monoisotopic (exact) mass is 1000 g/mol. The fourth-order valence-corrected chi connectivity index (χ4v) is 8.26. The second kappa shape index (κ2) is 59.9. The molecule has 0 aromatic heterocycles. The van der Waals surface area contributed by atoms with Gasteiger partial charge in [0.2, 0.25) is 0 Å². The number of carbonyl (C=O) groups is 3. The van der Waals surface area contributed by atoms with Crippen LogP contribution in [0.15, 0.2) is 97.2 Å². The van der Waals surface area contributed by atoms with Crippen molar-refractivity contribution < 1.29 is 28.6 Å². The zero-order valence-corrected chi connectivity index (χ0v) is 47.2. The number of ether oxygens (including phenoxy) is 3. The van der Waals surface area contributed by atoms with Gasteiger partial charge in [0.1, 0.15) is 13.2 Å². The van der Waals surface area contributed by atoms with E-state index >= 15 is 0 Å². The Morgan fingerprint density at radius 1 is 0.292 bits per heavy atom. The van der Waals surface area contributed by atoms with Crippen LogP contribution in [0.25, 0.3) is 0 Å². The number of rotatable bonds is 54. The third-order valence-electron chi connectivity index (χ3n) is 12.8. The highest BCUT2D eigenvalue weighted by molar-refractivity contribution is 5.71. The maximum atomic E-state index is 12.9. The molecule has 0 N–H and O–H groups in total. The summed E-state index contributed by atoms with van der Waals surface area (Å²) in [7, 11) is 0. The van der Waals surface area contributed by atoms with E-state index < -0.39 is 6.10 Å². The minimum atomic E-state index is -0.796. The van der Waals surface area contributed by atoms with Gasteiger partial charge in [0.15, 0.2) is 6.10 Å². The molecule has 6 nitrogen and oxygen atoms in total. The molecular weight excluding hydrogens is 889 g/mol. The van der Waals surface area contributed by atoms with Crippen LogP contribution in [0.1, 0.15) is 284 Å². The first-order valence-corrected chi connectivity index (χ1v) is 30.2. The Morgan fingerprint density at radius 3 is 0.875 bits per heavy atom. The molecule has 1 atom stereocenters. The van der Waals surface area contributed by atoms with E-state index in [1.807, 2.05) is 0 Å². The second-order valence-corrected chi connectivity index (χ2v) is 19.9. The molecule has 0 aliphatic heterocycles. The van der Waals surface area contributed by atoms with Crippen LogP contribution >= 0.6 is 0 Å². The van der Waals surface area contributed by atoms with E-state index in [4.69, 9.17) is 14.2 Å². The predicted octanol–water partition coefficient (Wildman–Crippen LogP) is 20.5. The molecule has 0 aromatic rings. The minimum absolute atomic E-state index is 0.0911. The molecule has 6 heteroatoms. The lowest BCUT2D eigenvalue weighted by molar-refractivity contribution is -0.167. The highest BCUT2D eigenvalue weighted by atomic mass is 16.6. The summed E-state index contributed by atoms with van der Waals surface area (Å²) >= 11 is 0. The number of hydrogen-bond donors (Lipinski definition) is 0. The first-order chi connectivity index (χ1) is 35.5. The van der Waals surface area contributed by atoms with Crippen molar-refractivity contribution in [2.24, 2.45) is 0 Å². The quantitative estimate of drug-likeness (QED) is 0.0261. The lowest BCUT2D eigenvalue weighted by atomic mass is 10.1. The zero-order chi connectivity index (χ0) is 52.2. The van der Waals surface area contributed by atoms with Gasteiger partial charge in [-0.2, -0.15) is 0 Å². The summed E-state index contributed by atoms with van der Waals surface area (Å²) in [5.74, 6) is -0.921. The molecule has 0 aliphatic rings. The van der Waals surface area contributed by atoms with Gasteiger partial charge in [-0.15, -0.1) is 0 Å². The van der Waals surface area contributed by atoms with Crippen LogP contribution in [-0.2, 0) is 28.6 Å². The summed E-state index contributed by atoms with van der Waals surface area (Å²) in [6, 6.07) is 0. The Labute approximate surface area is 445 Å². The van der Waals surface area contributed by atoms with Crippen LogP contribution in [0.4, 0.5) is 0 Å². The Hall–Kier alpha value is -3.67. The highest BCUT2D eigenvalue weighted by Gasteiger charge is 2.19. The van der Waals surface area contributed by atoms with Crippen molar-refractivity contribution in [1.82, 2.24) is 0 Å². The number of esters is 3. The van der Waals surface area contributed by atoms with Crippen molar-refractivity contribution in [1.29, 1.82) is 0 Å². The molecule has 0 bridgehead atoms. The molecule has 72 heavy (non-hydrogen) atoms. The van der Waals surface area contributed by atoms with Crippen LogP contribution in [-0.4, -0.2) is 37.2 Å². The fraction of sp³-hybridized carbons (Fsp3) is 0.712. The zero-order valence-electron chi connectivity index (χ0n) is 47.2. The minimum Gasteiger partial charge on any atom is -0.462 e. The van der Waals surface area contributed by atoms with E-state index in [9.17, 15) is 14.4 Å². The van der Waals surface area contributed by atoms with Crippen LogP contribution in [0.5, 0.6) is 0 Å². The van der Waals surface area contributed by atoms with Crippen molar-refractivity contribution in [3.05, 3.63) is 97.2 Å². The molecule has 1 unspecified atom stereocenters. The van der Waals surface area contributed by atoms with Gasteiger partial charge in [-0.25, -0.2) is 0 Å². The third kappa shape index (κ3) is 57.2. The van der Waals surface area contributed by atoms with E-state index in [2.05, 4.69) is 118 Å². The molecule has 0 saturated heterocycles. The Bertz CT molecular complexity index is 1430. The Balaban J connectivity index is 4.44. The lowest BCUT2D eigenvalue weighted by Crippen LogP contribution is -2.30. The molecule has 0 rings (SSSR count). The van der Waals surface area contributed by atoms with Gasteiger partial charge < -0.3 is 14.2 Å². The van der Waals surface area contributed by atoms with Crippen LogP contribution in [0.2, 0.25) is 0 Å². The molecule has 0 aliphatic carbocycles. The van der Waals surface area contributed by atoms with Crippen LogP contribution in [0, 0.1) is 0 Å². The van der Waals surface area contributed by atoms with Gasteiger partial charge in [-0.05, 0) is 122 Å². The van der Waals surface area contributed by atoms with E-state index in [0.29, 0.717) is 19.3 Å². The molecule has 0 heterocycles. The van der Waals surface area contributed by atoms with Crippen molar-refractivity contribution >= 4 is 17.9 Å². The molecular formula is C66H112O6. The average Bonchev–Trinajstić information content (AvgIpc) is 3.38. The van der Waals surface area contributed by atoms with E-state index in [1.165, 1.54) is 128 Å².